The Morgan fingerprint density at radius 2 is 2.11 bits per heavy atom. The topological polar surface area (TPSA) is 47.1 Å². The van der Waals surface area contributed by atoms with Crippen molar-refractivity contribution in [1.82, 2.24) is 9.78 Å². The van der Waals surface area contributed by atoms with Crippen molar-refractivity contribution in [3.05, 3.63) is 11.3 Å². The predicted molar refractivity (Wildman–Crippen MR) is 76.0 cm³/mol. The van der Waals surface area contributed by atoms with Crippen LogP contribution in [0.1, 0.15) is 44.9 Å². The molecule has 1 saturated heterocycles. The molecule has 0 aliphatic carbocycles. The van der Waals surface area contributed by atoms with E-state index in [1.54, 1.807) is 0 Å². The number of nitrogens with two attached hydrogens (primary N) is 1. The second kappa shape index (κ2) is 4.57. The number of rotatable bonds is 3. The zero-order valence-corrected chi connectivity index (χ0v) is 12.3. The summed E-state index contributed by atoms with van der Waals surface area (Å²) in [6.07, 6.45) is 3.41. The van der Waals surface area contributed by atoms with Crippen LogP contribution in [0.3, 0.4) is 0 Å². The lowest BCUT2D eigenvalue weighted by atomic mass is 10.0. The molecule has 2 heterocycles. The summed E-state index contributed by atoms with van der Waals surface area (Å²) in [5, 5.41) is 4.59. The minimum absolute atomic E-state index is 0.178. The maximum atomic E-state index is 5.98. The average molecular weight is 250 g/mol. The average Bonchev–Trinajstić information content (AvgIpc) is 2.68. The quantitative estimate of drug-likeness (QED) is 0.892. The number of hydrogen-bond acceptors (Lipinski definition) is 3. The van der Waals surface area contributed by atoms with Gasteiger partial charge in [-0.05, 0) is 47.0 Å². The third kappa shape index (κ3) is 2.26. The van der Waals surface area contributed by atoms with Crippen LogP contribution in [-0.4, -0.2) is 27.9 Å². The molecule has 0 saturated carbocycles. The molecule has 102 valence electrons. The molecular formula is C14H26N4. The Labute approximate surface area is 110 Å². The molecular weight excluding hydrogens is 224 g/mol. The van der Waals surface area contributed by atoms with Crippen LogP contribution >= 0.6 is 0 Å². The largest absolute Gasteiger partial charge is 0.351 e. The third-order valence-corrected chi connectivity index (χ3v) is 4.00. The molecule has 0 amide bonds. The molecule has 1 aromatic heterocycles. The predicted octanol–water partition coefficient (Wildman–Crippen LogP) is 2.00. The molecule has 18 heavy (non-hydrogen) atoms. The van der Waals surface area contributed by atoms with E-state index in [9.17, 15) is 0 Å². The van der Waals surface area contributed by atoms with Gasteiger partial charge in [-0.2, -0.15) is 5.10 Å². The molecule has 1 aromatic rings. The molecule has 1 aliphatic heterocycles. The van der Waals surface area contributed by atoms with Crippen molar-refractivity contribution < 1.29 is 0 Å². The second-order valence-electron chi connectivity index (χ2n) is 6.26. The summed E-state index contributed by atoms with van der Waals surface area (Å²) in [4.78, 5) is 2.50. The van der Waals surface area contributed by atoms with E-state index in [1.165, 1.54) is 24.2 Å². The summed E-state index contributed by atoms with van der Waals surface area (Å²) in [5.41, 5.74) is 8.65. The summed E-state index contributed by atoms with van der Waals surface area (Å²) in [6, 6.07) is 0.178. The fourth-order valence-corrected chi connectivity index (χ4v) is 3.09. The highest BCUT2D eigenvalue weighted by atomic mass is 15.4. The fraction of sp³-hybridized carbons (Fsp3) is 0.786. The number of anilines is 1. The van der Waals surface area contributed by atoms with E-state index >= 15 is 0 Å². The fourth-order valence-electron chi connectivity index (χ4n) is 3.09. The van der Waals surface area contributed by atoms with Gasteiger partial charge < -0.3 is 10.6 Å². The maximum absolute atomic E-state index is 5.98. The number of hydrogen-bond donors (Lipinski definition) is 1. The van der Waals surface area contributed by atoms with Gasteiger partial charge in [0.25, 0.3) is 0 Å². The zero-order chi connectivity index (χ0) is 13.5. The van der Waals surface area contributed by atoms with E-state index in [2.05, 4.69) is 37.7 Å². The van der Waals surface area contributed by atoms with Crippen molar-refractivity contribution in [2.24, 2.45) is 12.8 Å². The van der Waals surface area contributed by atoms with Gasteiger partial charge in [-0.25, -0.2) is 0 Å². The minimum Gasteiger partial charge on any atom is -0.351 e. The van der Waals surface area contributed by atoms with Crippen molar-refractivity contribution in [3.63, 3.8) is 0 Å². The van der Waals surface area contributed by atoms with Gasteiger partial charge in [-0.1, -0.05) is 0 Å². The Morgan fingerprint density at radius 1 is 1.44 bits per heavy atom. The summed E-state index contributed by atoms with van der Waals surface area (Å²) in [5.74, 6) is 1.27. The van der Waals surface area contributed by atoms with Gasteiger partial charge in [0.1, 0.15) is 5.82 Å². The summed E-state index contributed by atoms with van der Waals surface area (Å²) in [6.45, 7) is 9.91. The summed E-state index contributed by atoms with van der Waals surface area (Å²) >= 11 is 0. The van der Waals surface area contributed by atoms with E-state index in [-0.39, 0.29) is 11.6 Å². The van der Waals surface area contributed by atoms with Crippen molar-refractivity contribution in [3.8, 4) is 0 Å². The Bertz CT molecular complexity index is 431. The van der Waals surface area contributed by atoms with E-state index < -0.39 is 0 Å². The van der Waals surface area contributed by atoms with E-state index in [4.69, 9.17) is 5.73 Å². The lowest BCUT2D eigenvalue weighted by molar-refractivity contribution is 0.504. The standard InChI is InChI=1S/C14H26N4/c1-10(15)9-12-11(2)16-17(5)13(12)18-8-6-7-14(18,3)4/h10H,6-9,15H2,1-5H3. The molecule has 1 atom stereocenters. The Balaban J connectivity index is 2.43. The number of aryl methyl sites for hydroxylation is 2. The Hall–Kier alpha value is -1.03. The van der Waals surface area contributed by atoms with Gasteiger partial charge in [-0.3, -0.25) is 4.68 Å². The van der Waals surface area contributed by atoms with E-state index in [0.717, 1.165) is 18.7 Å². The van der Waals surface area contributed by atoms with Gasteiger partial charge in [0, 0.05) is 30.7 Å². The van der Waals surface area contributed by atoms with Gasteiger partial charge in [-0.15, -0.1) is 0 Å². The smallest absolute Gasteiger partial charge is 0.130 e. The highest BCUT2D eigenvalue weighted by Crippen LogP contribution is 2.36. The number of aromatic nitrogens is 2. The summed E-state index contributed by atoms with van der Waals surface area (Å²) in [7, 11) is 2.04. The molecule has 2 rings (SSSR count). The van der Waals surface area contributed by atoms with Crippen LogP contribution < -0.4 is 10.6 Å². The second-order valence-corrected chi connectivity index (χ2v) is 6.26. The molecule has 1 fully saturated rings. The van der Waals surface area contributed by atoms with Crippen molar-refractivity contribution in [1.29, 1.82) is 0 Å². The van der Waals surface area contributed by atoms with Crippen LogP contribution in [0, 0.1) is 6.92 Å². The monoisotopic (exact) mass is 250 g/mol. The summed E-state index contributed by atoms with van der Waals surface area (Å²) < 4.78 is 2.03. The van der Waals surface area contributed by atoms with Gasteiger partial charge in [0.15, 0.2) is 0 Å². The van der Waals surface area contributed by atoms with Crippen molar-refractivity contribution >= 4 is 5.82 Å². The molecule has 0 bridgehead atoms. The first-order valence-corrected chi connectivity index (χ1v) is 6.88. The Morgan fingerprint density at radius 3 is 2.61 bits per heavy atom. The highest BCUT2D eigenvalue weighted by molar-refractivity contribution is 5.53. The normalized spacial score (nSPS) is 20.4. The van der Waals surface area contributed by atoms with Gasteiger partial charge in [0.2, 0.25) is 0 Å². The SMILES string of the molecule is Cc1nn(C)c(N2CCCC2(C)C)c1CC(C)N. The first-order chi connectivity index (χ1) is 8.33. The Kier molecular flexibility index (Phi) is 3.41. The third-order valence-electron chi connectivity index (χ3n) is 4.00. The van der Waals surface area contributed by atoms with Gasteiger partial charge in [0.05, 0.1) is 5.69 Å². The highest BCUT2D eigenvalue weighted by Gasteiger charge is 2.35. The van der Waals surface area contributed by atoms with Gasteiger partial charge >= 0.3 is 0 Å². The van der Waals surface area contributed by atoms with Crippen LogP contribution in [0.4, 0.5) is 5.82 Å². The van der Waals surface area contributed by atoms with Crippen LogP contribution in [0.5, 0.6) is 0 Å². The molecule has 0 radical (unpaired) electrons. The van der Waals surface area contributed by atoms with Crippen LogP contribution in [0.2, 0.25) is 0 Å². The maximum Gasteiger partial charge on any atom is 0.130 e. The first-order valence-electron chi connectivity index (χ1n) is 6.88. The van der Waals surface area contributed by atoms with Crippen molar-refractivity contribution in [2.75, 3.05) is 11.4 Å². The minimum atomic E-state index is 0.178. The molecule has 4 nitrogen and oxygen atoms in total. The van der Waals surface area contributed by atoms with Crippen molar-refractivity contribution in [2.45, 2.75) is 58.5 Å². The molecule has 2 N–H and O–H groups in total. The molecule has 4 heteroatoms. The molecule has 0 spiro atoms. The van der Waals surface area contributed by atoms with E-state index in [1.807, 2.05) is 11.7 Å². The lowest BCUT2D eigenvalue weighted by Crippen LogP contribution is -2.40. The van der Waals surface area contributed by atoms with Crippen LogP contribution in [0.15, 0.2) is 0 Å². The van der Waals surface area contributed by atoms with Crippen LogP contribution in [-0.2, 0) is 13.5 Å². The molecule has 0 aromatic carbocycles. The van der Waals surface area contributed by atoms with E-state index in [0.29, 0.717) is 0 Å². The number of nitrogens with zero attached hydrogens (tertiary/aromatic N) is 3. The molecule has 1 unspecified atom stereocenters. The molecule has 1 aliphatic rings. The lowest BCUT2D eigenvalue weighted by Gasteiger charge is -2.34. The first kappa shape index (κ1) is 13.4. The van der Waals surface area contributed by atoms with Crippen LogP contribution in [0.25, 0.3) is 0 Å². The zero-order valence-electron chi connectivity index (χ0n) is 12.3.